The molecule has 4 heteroatoms. The van der Waals surface area contributed by atoms with Crippen molar-refractivity contribution < 1.29 is 5.11 Å². The molecule has 0 unspecified atom stereocenters. The Hall–Kier alpha value is -1.87. The van der Waals surface area contributed by atoms with Crippen LogP contribution in [0.25, 0.3) is 0 Å². The van der Waals surface area contributed by atoms with Crippen LogP contribution >= 0.6 is 11.6 Å². The third-order valence-corrected chi connectivity index (χ3v) is 2.77. The molecule has 0 aromatic heterocycles. The van der Waals surface area contributed by atoms with Crippen LogP contribution in [-0.2, 0) is 6.54 Å². The van der Waals surface area contributed by atoms with Crippen molar-refractivity contribution in [2.75, 3.05) is 11.1 Å². The summed E-state index contributed by atoms with van der Waals surface area (Å²) >= 11 is 5.82. The van der Waals surface area contributed by atoms with Crippen LogP contribution in [0.5, 0.6) is 5.75 Å². The molecule has 0 aliphatic carbocycles. The molecule has 0 atom stereocenters. The largest absolute Gasteiger partial charge is 0.506 e. The average Bonchev–Trinajstić information content (AvgIpc) is 2.33. The Morgan fingerprint density at radius 3 is 2.53 bits per heavy atom. The molecule has 4 N–H and O–H groups in total. The van der Waals surface area contributed by atoms with Crippen LogP contribution in [0, 0.1) is 0 Å². The Bertz CT molecular complexity index is 511. The van der Waals surface area contributed by atoms with Gasteiger partial charge in [0.25, 0.3) is 0 Å². The maximum atomic E-state index is 9.73. The first-order chi connectivity index (χ1) is 8.16. The van der Waals surface area contributed by atoms with Crippen LogP contribution in [0.15, 0.2) is 42.5 Å². The van der Waals surface area contributed by atoms with Crippen molar-refractivity contribution in [2.45, 2.75) is 6.54 Å². The number of aromatic hydroxyl groups is 1. The number of anilines is 2. The summed E-state index contributed by atoms with van der Waals surface area (Å²) in [6.07, 6.45) is 0. The molecule has 0 radical (unpaired) electrons. The number of para-hydroxylation sites is 1. The molecule has 0 aliphatic rings. The molecule has 0 spiro atoms. The summed E-state index contributed by atoms with van der Waals surface area (Å²) in [7, 11) is 0. The van der Waals surface area contributed by atoms with E-state index >= 15 is 0 Å². The van der Waals surface area contributed by atoms with E-state index in [1.165, 1.54) is 0 Å². The number of rotatable bonds is 3. The molecular formula is C13H13ClN2O. The number of nitrogen functional groups attached to an aromatic ring is 1. The Morgan fingerprint density at radius 1 is 1.12 bits per heavy atom. The second-order valence-corrected chi connectivity index (χ2v) is 4.13. The van der Waals surface area contributed by atoms with E-state index in [9.17, 15) is 5.11 Å². The SMILES string of the molecule is Nc1ccc(NCc2cccc(Cl)c2O)cc1. The van der Waals surface area contributed by atoms with Gasteiger partial charge in [-0.3, -0.25) is 0 Å². The number of nitrogens with two attached hydrogens (primary N) is 1. The van der Waals surface area contributed by atoms with Crippen molar-refractivity contribution >= 4 is 23.0 Å². The molecule has 0 heterocycles. The Kier molecular flexibility index (Phi) is 3.40. The third-order valence-electron chi connectivity index (χ3n) is 2.46. The summed E-state index contributed by atoms with van der Waals surface area (Å²) in [6, 6.07) is 12.7. The van der Waals surface area contributed by atoms with E-state index in [0.717, 1.165) is 16.9 Å². The molecule has 0 amide bonds. The first-order valence-electron chi connectivity index (χ1n) is 5.22. The maximum Gasteiger partial charge on any atom is 0.139 e. The molecule has 88 valence electrons. The van der Waals surface area contributed by atoms with Crippen LogP contribution in [-0.4, -0.2) is 5.11 Å². The molecule has 0 fully saturated rings. The van der Waals surface area contributed by atoms with Gasteiger partial charge in [-0.05, 0) is 30.3 Å². The quantitative estimate of drug-likeness (QED) is 0.731. The van der Waals surface area contributed by atoms with Crippen LogP contribution in [0.1, 0.15) is 5.56 Å². The van der Waals surface area contributed by atoms with E-state index in [4.69, 9.17) is 17.3 Å². The van der Waals surface area contributed by atoms with E-state index in [0.29, 0.717) is 11.6 Å². The molecule has 2 rings (SSSR count). The Morgan fingerprint density at radius 2 is 1.82 bits per heavy atom. The van der Waals surface area contributed by atoms with Gasteiger partial charge < -0.3 is 16.2 Å². The summed E-state index contributed by atoms with van der Waals surface area (Å²) in [5.74, 6) is 0.122. The van der Waals surface area contributed by atoms with E-state index in [1.807, 2.05) is 36.4 Å². The fourth-order valence-electron chi connectivity index (χ4n) is 1.50. The number of nitrogens with one attached hydrogen (secondary N) is 1. The second-order valence-electron chi connectivity index (χ2n) is 3.72. The van der Waals surface area contributed by atoms with Crippen LogP contribution in [0.2, 0.25) is 5.02 Å². The highest BCUT2D eigenvalue weighted by molar-refractivity contribution is 6.32. The smallest absolute Gasteiger partial charge is 0.139 e. The van der Waals surface area contributed by atoms with Crippen molar-refractivity contribution in [3.63, 3.8) is 0 Å². The Labute approximate surface area is 105 Å². The monoisotopic (exact) mass is 248 g/mol. The fourth-order valence-corrected chi connectivity index (χ4v) is 1.70. The zero-order chi connectivity index (χ0) is 12.3. The number of hydrogen-bond acceptors (Lipinski definition) is 3. The predicted octanol–water partition coefficient (Wildman–Crippen LogP) is 3.24. The zero-order valence-corrected chi connectivity index (χ0v) is 9.91. The van der Waals surface area contributed by atoms with Gasteiger partial charge in [0, 0.05) is 23.5 Å². The van der Waals surface area contributed by atoms with Gasteiger partial charge in [0.1, 0.15) is 5.75 Å². The molecule has 2 aromatic rings. The van der Waals surface area contributed by atoms with E-state index < -0.39 is 0 Å². The number of hydrogen-bond donors (Lipinski definition) is 3. The summed E-state index contributed by atoms with van der Waals surface area (Å²) in [6.45, 7) is 0.510. The first-order valence-corrected chi connectivity index (χ1v) is 5.60. The van der Waals surface area contributed by atoms with Gasteiger partial charge in [0.2, 0.25) is 0 Å². The van der Waals surface area contributed by atoms with Crippen molar-refractivity contribution in [1.82, 2.24) is 0 Å². The van der Waals surface area contributed by atoms with Crippen molar-refractivity contribution in [1.29, 1.82) is 0 Å². The van der Waals surface area contributed by atoms with Gasteiger partial charge in [-0.15, -0.1) is 0 Å². The lowest BCUT2D eigenvalue weighted by atomic mass is 10.2. The number of benzene rings is 2. The minimum Gasteiger partial charge on any atom is -0.506 e. The Balaban J connectivity index is 2.07. The predicted molar refractivity (Wildman–Crippen MR) is 71.3 cm³/mol. The molecule has 0 aliphatic heterocycles. The lowest BCUT2D eigenvalue weighted by Crippen LogP contribution is -1.99. The standard InChI is InChI=1S/C13H13ClN2O/c14-12-3-1-2-9(13(12)17)8-16-11-6-4-10(15)5-7-11/h1-7,16-17H,8,15H2. The third kappa shape index (κ3) is 2.82. The highest BCUT2D eigenvalue weighted by Gasteiger charge is 2.04. The maximum absolute atomic E-state index is 9.73. The van der Waals surface area contributed by atoms with Gasteiger partial charge in [-0.2, -0.15) is 0 Å². The van der Waals surface area contributed by atoms with Crippen molar-refractivity contribution in [2.24, 2.45) is 0 Å². The van der Waals surface area contributed by atoms with Gasteiger partial charge in [0.05, 0.1) is 5.02 Å². The van der Waals surface area contributed by atoms with E-state index in [-0.39, 0.29) is 5.75 Å². The van der Waals surface area contributed by atoms with Gasteiger partial charge >= 0.3 is 0 Å². The molecule has 17 heavy (non-hydrogen) atoms. The summed E-state index contributed by atoms with van der Waals surface area (Å²) < 4.78 is 0. The summed E-state index contributed by atoms with van der Waals surface area (Å²) in [5, 5.41) is 13.3. The van der Waals surface area contributed by atoms with Crippen LogP contribution in [0.4, 0.5) is 11.4 Å². The normalized spacial score (nSPS) is 10.2. The highest BCUT2D eigenvalue weighted by atomic mass is 35.5. The fraction of sp³-hybridized carbons (Fsp3) is 0.0769. The topological polar surface area (TPSA) is 58.3 Å². The molecule has 0 bridgehead atoms. The second kappa shape index (κ2) is 4.97. The lowest BCUT2D eigenvalue weighted by molar-refractivity contribution is 0.469. The van der Waals surface area contributed by atoms with Gasteiger partial charge in [-0.1, -0.05) is 23.7 Å². The highest BCUT2D eigenvalue weighted by Crippen LogP contribution is 2.27. The summed E-state index contributed by atoms with van der Waals surface area (Å²) in [4.78, 5) is 0. The lowest BCUT2D eigenvalue weighted by Gasteiger charge is -2.09. The molecule has 0 saturated heterocycles. The number of phenolic OH excluding ortho intramolecular Hbond substituents is 1. The molecular weight excluding hydrogens is 236 g/mol. The number of phenols is 1. The van der Waals surface area contributed by atoms with Crippen LogP contribution < -0.4 is 11.1 Å². The molecule has 0 saturated carbocycles. The van der Waals surface area contributed by atoms with E-state index in [2.05, 4.69) is 5.32 Å². The molecule has 3 nitrogen and oxygen atoms in total. The zero-order valence-electron chi connectivity index (χ0n) is 9.15. The van der Waals surface area contributed by atoms with Gasteiger partial charge in [0.15, 0.2) is 0 Å². The summed E-state index contributed by atoms with van der Waals surface area (Å²) in [5.41, 5.74) is 8.02. The first kappa shape index (κ1) is 11.6. The van der Waals surface area contributed by atoms with Crippen molar-refractivity contribution in [3.05, 3.63) is 53.1 Å². The van der Waals surface area contributed by atoms with Crippen LogP contribution in [0.3, 0.4) is 0 Å². The van der Waals surface area contributed by atoms with Gasteiger partial charge in [-0.25, -0.2) is 0 Å². The minimum absolute atomic E-state index is 0.122. The van der Waals surface area contributed by atoms with E-state index in [1.54, 1.807) is 6.07 Å². The minimum atomic E-state index is 0.122. The van der Waals surface area contributed by atoms with Crippen molar-refractivity contribution in [3.8, 4) is 5.75 Å². The molecule has 2 aromatic carbocycles. The number of halogens is 1. The average molecular weight is 249 g/mol.